The first-order chi connectivity index (χ1) is 15.7. The van der Waals surface area contributed by atoms with Gasteiger partial charge in [0.1, 0.15) is 6.73 Å². The average Bonchev–Trinajstić information content (AvgIpc) is 3.38. The van der Waals surface area contributed by atoms with Gasteiger partial charge in [-0.05, 0) is 48.1 Å². The first kappa shape index (κ1) is 27.1. The van der Waals surface area contributed by atoms with Crippen molar-refractivity contribution in [3.8, 4) is 11.1 Å². The number of rotatable bonds is 9. The molecule has 0 amide bonds. The summed E-state index contributed by atoms with van der Waals surface area (Å²) in [5.74, 6) is -0.257. The van der Waals surface area contributed by atoms with Gasteiger partial charge in [-0.1, -0.05) is 31.8 Å². The zero-order chi connectivity index (χ0) is 23.6. The van der Waals surface area contributed by atoms with Gasteiger partial charge in [-0.15, -0.1) is 5.10 Å². The van der Waals surface area contributed by atoms with Crippen LogP contribution in [0.15, 0.2) is 35.6 Å². The van der Waals surface area contributed by atoms with E-state index in [1.54, 1.807) is 6.07 Å². The number of aromatic nitrogens is 4. The Balaban J connectivity index is 0.00000324. The number of nitrogens with one attached hydrogen (secondary N) is 1. The van der Waals surface area contributed by atoms with E-state index in [-0.39, 0.29) is 41.4 Å². The minimum atomic E-state index is -2.33. The van der Waals surface area contributed by atoms with Crippen molar-refractivity contribution in [2.75, 3.05) is 11.9 Å². The molecular formula is C22H28FN5NaO3SSi. The van der Waals surface area contributed by atoms with Crippen LogP contribution in [0.2, 0.25) is 25.7 Å². The van der Waals surface area contributed by atoms with E-state index in [1.807, 2.05) is 6.07 Å². The third-order valence-electron chi connectivity index (χ3n) is 5.58. The Morgan fingerprint density at radius 2 is 2.06 bits per heavy atom. The summed E-state index contributed by atoms with van der Waals surface area (Å²) in [5.41, 5.74) is 4.63. The van der Waals surface area contributed by atoms with Gasteiger partial charge in [-0.3, -0.25) is 4.55 Å². The summed E-state index contributed by atoms with van der Waals surface area (Å²) in [6, 6.07) is 8.16. The third-order valence-corrected chi connectivity index (χ3v) is 7.77. The van der Waals surface area contributed by atoms with E-state index < -0.39 is 25.1 Å². The number of benzene rings is 1. The Morgan fingerprint density at radius 3 is 2.76 bits per heavy atom. The summed E-state index contributed by atoms with van der Waals surface area (Å²) in [6.45, 7) is 7.49. The van der Waals surface area contributed by atoms with Gasteiger partial charge in [-0.2, -0.15) is 9.37 Å². The molecule has 1 aromatic carbocycles. The number of anilines is 2. The normalized spacial score (nSPS) is 13.9. The molecule has 2 aromatic heterocycles. The summed E-state index contributed by atoms with van der Waals surface area (Å²) in [5, 5.41) is 7.28. The number of hydrogen-bond donors (Lipinski definition) is 2. The van der Waals surface area contributed by atoms with Gasteiger partial charge < -0.3 is 10.1 Å². The Labute approximate surface area is 224 Å². The van der Waals surface area contributed by atoms with Crippen molar-refractivity contribution in [1.29, 1.82) is 0 Å². The van der Waals surface area contributed by atoms with Crippen LogP contribution in [0.3, 0.4) is 0 Å². The van der Waals surface area contributed by atoms with Gasteiger partial charge >= 0.3 is 0 Å². The first-order valence-electron chi connectivity index (χ1n) is 10.9. The Bertz CT molecular complexity index is 1190. The van der Waals surface area contributed by atoms with Crippen LogP contribution in [-0.4, -0.2) is 72.7 Å². The second-order valence-electron chi connectivity index (χ2n) is 9.29. The Morgan fingerprint density at radius 1 is 1.26 bits per heavy atom. The van der Waals surface area contributed by atoms with Crippen LogP contribution < -0.4 is 5.32 Å². The Kier molecular flexibility index (Phi) is 9.18. The quantitative estimate of drug-likeness (QED) is 0.192. The van der Waals surface area contributed by atoms with Gasteiger partial charge in [0.2, 0.25) is 23.0 Å². The minimum Gasteiger partial charge on any atom is -0.359 e. The Hall–Kier alpha value is -1.47. The standard InChI is InChI=1S/C22H28FN5O3SSi.Na/c1-33(2,3)12-11-31-14-28-21(26-22(27-28)32(29)30)25-20-17-6-4-5-15(17)7-8-18(20)16-9-10-24-19(23)13-16;/h7-10,13H,4-6,11-12,14H2,1-3H3,(H,29,30)(H,25,26,27);. The van der Waals surface area contributed by atoms with Crippen LogP contribution in [0, 0.1) is 5.95 Å². The number of halogens is 1. The van der Waals surface area contributed by atoms with Crippen LogP contribution in [0.1, 0.15) is 17.5 Å². The van der Waals surface area contributed by atoms with E-state index in [2.05, 4.69) is 46.1 Å². The zero-order valence-corrected chi connectivity index (χ0v) is 23.8. The maximum atomic E-state index is 13.9. The predicted molar refractivity (Wildman–Crippen MR) is 134 cm³/mol. The molecule has 177 valence electrons. The molecule has 8 nitrogen and oxygen atoms in total. The average molecular weight is 513 g/mol. The number of aryl methyl sites for hydroxylation is 1. The van der Waals surface area contributed by atoms with Crippen LogP contribution in [0.4, 0.5) is 16.0 Å². The van der Waals surface area contributed by atoms with Crippen LogP contribution >= 0.6 is 0 Å². The predicted octanol–water partition coefficient (Wildman–Crippen LogP) is 4.22. The summed E-state index contributed by atoms with van der Waals surface area (Å²) in [6.07, 6.45) is 4.30. The summed E-state index contributed by atoms with van der Waals surface area (Å²) in [4.78, 5) is 7.90. The summed E-state index contributed by atoms with van der Waals surface area (Å²) < 4.78 is 42.3. The number of ether oxygens (including phenoxy) is 1. The molecule has 34 heavy (non-hydrogen) atoms. The molecule has 0 saturated heterocycles. The van der Waals surface area contributed by atoms with Crippen molar-refractivity contribution in [2.24, 2.45) is 0 Å². The van der Waals surface area contributed by atoms with Gasteiger partial charge in [0.05, 0.1) is 5.69 Å². The molecule has 1 aliphatic carbocycles. The molecule has 3 aromatic rings. The van der Waals surface area contributed by atoms with Gasteiger partial charge in [-0.25, -0.2) is 13.9 Å². The molecule has 0 spiro atoms. The van der Waals surface area contributed by atoms with Gasteiger partial charge in [0.25, 0.3) is 5.16 Å². The van der Waals surface area contributed by atoms with E-state index in [9.17, 15) is 13.2 Å². The molecule has 1 radical (unpaired) electrons. The SMILES string of the molecule is C[Si](C)(C)CCOCn1nc(S(=O)O)nc1Nc1c(-c2ccnc(F)c2)ccc2c1CCC2.[Na]. The van der Waals surface area contributed by atoms with Crippen molar-refractivity contribution in [3.63, 3.8) is 0 Å². The maximum absolute atomic E-state index is 13.9. The van der Waals surface area contributed by atoms with Gasteiger partial charge in [0, 0.05) is 62.1 Å². The minimum absolute atomic E-state index is 0. The fourth-order valence-electron chi connectivity index (χ4n) is 3.84. The molecular weight excluding hydrogens is 484 g/mol. The van der Waals surface area contributed by atoms with Crippen molar-refractivity contribution in [2.45, 2.75) is 56.8 Å². The molecule has 0 bridgehead atoms. The second kappa shape index (κ2) is 11.5. The summed E-state index contributed by atoms with van der Waals surface area (Å²) in [7, 11) is -1.25. The molecule has 4 rings (SSSR count). The molecule has 0 aliphatic heterocycles. The van der Waals surface area contributed by atoms with Crippen LogP contribution in [-0.2, 0) is 35.4 Å². The molecule has 0 fully saturated rings. The van der Waals surface area contributed by atoms with Crippen LogP contribution in [0.5, 0.6) is 0 Å². The topological polar surface area (TPSA) is 102 Å². The van der Waals surface area contributed by atoms with E-state index in [4.69, 9.17) is 4.74 Å². The van der Waals surface area contributed by atoms with E-state index in [0.29, 0.717) is 18.1 Å². The largest absolute Gasteiger partial charge is 0.359 e. The molecule has 2 N–H and O–H groups in total. The molecule has 1 atom stereocenters. The zero-order valence-electron chi connectivity index (χ0n) is 20.0. The van der Waals surface area contributed by atoms with Crippen LogP contribution in [0.25, 0.3) is 11.1 Å². The number of hydrogen-bond acceptors (Lipinski definition) is 6. The smallest absolute Gasteiger partial charge is 0.268 e. The number of nitrogens with zero attached hydrogens (tertiary/aromatic N) is 4. The van der Waals surface area contributed by atoms with E-state index in [1.165, 1.54) is 22.5 Å². The fraction of sp³-hybridized carbons (Fsp3) is 0.409. The monoisotopic (exact) mass is 512 g/mol. The molecule has 1 unspecified atom stereocenters. The van der Waals surface area contributed by atoms with Crippen molar-refractivity contribution in [3.05, 3.63) is 47.5 Å². The second-order valence-corrected chi connectivity index (χ2v) is 15.8. The van der Waals surface area contributed by atoms with Gasteiger partial charge in [0.15, 0.2) is 0 Å². The maximum Gasteiger partial charge on any atom is 0.268 e. The first-order valence-corrected chi connectivity index (χ1v) is 15.7. The summed E-state index contributed by atoms with van der Waals surface area (Å²) >= 11 is -2.33. The third kappa shape index (κ3) is 6.59. The number of pyridine rings is 1. The molecule has 1 aliphatic rings. The molecule has 12 heteroatoms. The molecule has 0 saturated carbocycles. The van der Waals surface area contributed by atoms with Crippen molar-refractivity contribution in [1.82, 2.24) is 19.7 Å². The van der Waals surface area contributed by atoms with E-state index in [0.717, 1.165) is 42.1 Å². The van der Waals surface area contributed by atoms with Crippen molar-refractivity contribution >= 4 is 60.3 Å². The number of fused-ring (bicyclic) bond motifs is 1. The fourth-order valence-corrected chi connectivity index (χ4v) is 4.93. The molecule has 2 heterocycles. The van der Waals surface area contributed by atoms with E-state index >= 15 is 0 Å². The van der Waals surface area contributed by atoms with Crippen molar-refractivity contribution < 1.29 is 17.9 Å².